The summed E-state index contributed by atoms with van der Waals surface area (Å²) in [5.74, 6) is -1.38. The molecule has 0 spiro atoms. The molecule has 7 nitrogen and oxygen atoms in total. The van der Waals surface area contributed by atoms with Gasteiger partial charge in [0.15, 0.2) is 9.84 Å². The van der Waals surface area contributed by atoms with E-state index in [2.05, 4.69) is 0 Å². The summed E-state index contributed by atoms with van der Waals surface area (Å²) in [4.78, 5) is 24.0. The molecule has 0 aliphatic heterocycles. The van der Waals surface area contributed by atoms with Crippen molar-refractivity contribution < 1.29 is 22.5 Å². The number of rotatable bonds is 7. The highest BCUT2D eigenvalue weighted by atomic mass is 32.2. The maximum atomic E-state index is 12.9. The molecule has 0 aliphatic rings. The van der Waals surface area contributed by atoms with E-state index in [1.165, 1.54) is 30.1 Å². The number of nitro groups is 1. The van der Waals surface area contributed by atoms with Gasteiger partial charge >= 0.3 is 0 Å². The Hall–Kier alpha value is -2.81. The van der Waals surface area contributed by atoms with Crippen LogP contribution in [0.2, 0.25) is 0 Å². The van der Waals surface area contributed by atoms with Crippen LogP contribution in [0.15, 0.2) is 53.4 Å². The third kappa shape index (κ3) is 5.10. The first-order chi connectivity index (χ1) is 12.6. The number of carbonyl (C=O) groups is 1. The van der Waals surface area contributed by atoms with E-state index in [4.69, 9.17) is 0 Å². The van der Waals surface area contributed by atoms with E-state index in [9.17, 15) is 27.7 Å². The van der Waals surface area contributed by atoms with Crippen molar-refractivity contribution in [1.82, 2.24) is 4.90 Å². The number of nitro benzene ring substituents is 1. The Balaban J connectivity index is 2.05. The fourth-order valence-corrected chi connectivity index (χ4v) is 3.73. The maximum absolute atomic E-state index is 12.9. The van der Waals surface area contributed by atoms with Crippen LogP contribution in [-0.4, -0.2) is 36.9 Å². The zero-order valence-electron chi connectivity index (χ0n) is 14.8. The summed E-state index contributed by atoms with van der Waals surface area (Å²) in [6.07, 6.45) is -0.254. The fourth-order valence-electron chi connectivity index (χ4n) is 2.50. The lowest BCUT2D eigenvalue weighted by Gasteiger charge is -2.25. The summed E-state index contributed by atoms with van der Waals surface area (Å²) in [5.41, 5.74) is 0.487. The molecule has 0 N–H and O–H groups in total. The van der Waals surface area contributed by atoms with E-state index < -0.39 is 38.3 Å². The Kier molecular flexibility index (Phi) is 6.27. The number of non-ortho nitro benzene ring substituents is 1. The third-order valence-corrected chi connectivity index (χ3v) is 6.03. The van der Waals surface area contributed by atoms with Crippen molar-refractivity contribution in [2.75, 3.05) is 12.8 Å². The lowest BCUT2D eigenvalue weighted by Crippen LogP contribution is -2.31. The van der Waals surface area contributed by atoms with Gasteiger partial charge in [0.05, 0.1) is 21.6 Å². The summed E-state index contributed by atoms with van der Waals surface area (Å²) in [5, 5.41) is 10.9. The third-order valence-electron chi connectivity index (χ3n) is 4.30. The number of nitrogens with zero attached hydrogens (tertiary/aromatic N) is 2. The van der Waals surface area contributed by atoms with Gasteiger partial charge in [-0.15, -0.1) is 0 Å². The summed E-state index contributed by atoms with van der Waals surface area (Å²) in [6, 6.07) is 9.87. The van der Waals surface area contributed by atoms with E-state index in [1.807, 2.05) is 0 Å². The van der Waals surface area contributed by atoms with Crippen molar-refractivity contribution in [3.8, 4) is 0 Å². The van der Waals surface area contributed by atoms with Gasteiger partial charge in [0.2, 0.25) is 5.91 Å². The normalized spacial score (nSPS) is 12.4. The largest absolute Gasteiger partial charge is 0.339 e. The Morgan fingerprint density at radius 2 is 1.85 bits per heavy atom. The summed E-state index contributed by atoms with van der Waals surface area (Å²) < 4.78 is 37.4. The molecule has 1 atom stereocenters. The highest BCUT2D eigenvalue weighted by Crippen LogP contribution is 2.24. The smallest absolute Gasteiger partial charge is 0.269 e. The lowest BCUT2D eigenvalue weighted by molar-refractivity contribution is -0.384. The number of carbonyl (C=O) groups excluding carboxylic acids is 1. The molecule has 0 aliphatic carbocycles. The molecule has 0 unspecified atom stereocenters. The van der Waals surface area contributed by atoms with Gasteiger partial charge in [-0.25, -0.2) is 12.8 Å². The molecule has 0 bridgehead atoms. The van der Waals surface area contributed by atoms with Crippen molar-refractivity contribution in [3.63, 3.8) is 0 Å². The molecule has 0 saturated carbocycles. The van der Waals surface area contributed by atoms with E-state index in [0.717, 1.165) is 24.3 Å². The van der Waals surface area contributed by atoms with Crippen LogP contribution in [0.4, 0.5) is 10.1 Å². The molecule has 0 radical (unpaired) electrons. The van der Waals surface area contributed by atoms with E-state index in [1.54, 1.807) is 13.0 Å². The Labute approximate surface area is 156 Å². The molecule has 0 aromatic heterocycles. The van der Waals surface area contributed by atoms with Crippen LogP contribution in [0.25, 0.3) is 0 Å². The van der Waals surface area contributed by atoms with Crippen molar-refractivity contribution in [2.45, 2.75) is 24.3 Å². The minimum Gasteiger partial charge on any atom is -0.339 e. The quantitative estimate of drug-likeness (QED) is 0.408. The van der Waals surface area contributed by atoms with Crippen LogP contribution in [0.3, 0.4) is 0 Å². The van der Waals surface area contributed by atoms with Gasteiger partial charge < -0.3 is 4.90 Å². The van der Waals surface area contributed by atoms with E-state index >= 15 is 0 Å². The lowest BCUT2D eigenvalue weighted by atomic mass is 10.1. The average molecular weight is 394 g/mol. The molecule has 144 valence electrons. The van der Waals surface area contributed by atoms with E-state index in [-0.39, 0.29) is 17.0 Å². The summed E-state index contributed by atoms with van der Waals surface area (Å²) in [6.45, 7) is 1.70. The highest BCUT2D eigenvalue weighted by molar-refractivity contribution is 7.91. The number of halogens is 1. The van der Waals surface area contributed by atoms with Crippen LogP contribution in [0.1, 0.15) is 24.9 Å². The van der Waals surface area contributed by atoms with Crippen LogP contribution in [0.5, 0.6) is 0 Å². The SMILES string of the molecule is C[C@@H](c1cccc([N+](=O)[O-])c1)N(C)C(=O)CCS(=O)(=O)c1ccc(F)cc1. The molecule has 27 heavy (non-hydrogen) atoms. The minimum absolute atomic E-state index is 0.0499. The van der Waals surface area contributed by atoms with Crippen LogP contribution >= 0.6 is 0 Å². The number of hydrogen-bond acceptors (Lipinski definition) is 5. The van der Waals surface area contributed by atoms with Gasteiger partial charge in [0, 0.05) is 25.6 Å². The van der Waals surface area contributed by atoms with Gasteiger partial charge in [0.25, 0.3) is 5.69 Å². The summed E-state index contributed by atoms with van der Waals surface area (Å²) in [7, 11) is -2.21. The zero-order chi connectivity index (χ0) is 20.2. The fraction of sp³-hybridized carbons (Fsp3) is 0.278. The zero-order valence-corrected chi connectivity index (χ0v) is 15.6. The predicted molar refractivity (Wildman–Crippen MR) is 97.4 cm³/mol. The van der Waals surface area contributed by atoms with Gasteiger partial charge in [-0.1, -0.05) is 12.1 Å². The Morgan fingerprint density at radius 3 is 2.44 bits per heavy atom. The molecule has 0 saturated heterocycles. The number of sulfone groups is 1. The molecule has 9 heteroatoms. The molecule has 2 aromatic rings. The Bertz CT molecular complexity index is 944. The monoisotopic (exact) mass is 394 g/mol. The van der Waals surface area contributed by atoms with Crippen molar-refractivity contribution >= 4 is 21.4 Å². The Morgan fingerprint density at radius 1 is 1.22 bits per heavy atom. The first-order valence-electron chi connectivity index (χ1n) is 8.10. The van der Waals surface area contributed by atoms with Crippen LogP contribution in [0, 0.1) is 15.9 Å². The highest BCUT2D eigenvalue weighted by Gasteiger charge is 2.22. The first-order valence-corrected chi connectivity index (χ1v) is 9.75. The first kappa shape index (κ1) is 20.5. The molecule has 2 aromatic carbocycles. The van der Waals surface area contributed by atoms with Crippen molar-refractivity contribution in [3.05, 3.63) is 70.0 Å². The molecular weight excluding hydrogens is 375 g/mol. The molecule has 0 fully saturated rings. The second kappa shape index (κ2) is 8.26. The van der Waals surface area contributed by atoms with Gasteiger partial charge in [-0.3, -0.25) is 14.9 Å². The molecule has 2 rings (SSSR count). The second-order valence-corrected chi connectivity index (χ2v) is 8.16. The summed E-state index contributed by atoms with van der Waals surface area (Å²) >= 11 is 0. The van der Waals surface area contributed by atoms with Gasteiger partial charge in [-0.05, 0) is 36.8 Å². The number of hydrogen-bond donors (Lipinski definition) is 0. The molecular formula is C18H19FN2O5S. The van der Waals surface area contributed by atoms with Crippen LogP contribution < -0.4 is 0 Å². The number of benzene rings is 2. The maximum Gasteiger partial charge on any atom is 0.269 e. The average Bonchev–Trinajstić information content (AvgIpc) is 2.65. The van der Waals surface area contributed by atoms with E-state index in [0.29, 0.717) is 5.56 Å². The van der Waals surface area contributed by atoms with Crippen LogP contribution in [-0.2, 0) is 14.6 Å². The minimum atomic E-state index is -3.72. The standard InChI is InChI=1S/C18H19FN2O5S/c1-13(14-4-3-5-16(12-14)21(23)24)20(2)18(22)10-11-27(25,26)17-8-6-15(19)7-9-17/h3-9,12-13H,10-11H2,1-2H3/t13-/m0/s1. The molecule has 1 amide bonds. The van der Waals surface area contributed by atoms with Crippen molar-refractivity contribution in [2.24, 2.45) is 0 Å². The van der Waals surface area contributed by atoms with Crippen molar-refractivity contribution in [1.29, 1.82) is 0 Å². The second-order valence-electron chi connectivity index (χ2n) is 6.06. The van der Waals surface area contributed by atoms with Gasteiger partial charge in [0.1, 0.15) is 5.82 Å². The predicted octanol–water partition coefficient (Wildman–Crippen LogP) is 3.12. The van der Waals surface area contributed by atoms with Gasteiger partial charge in [-0.2, -0.15) is 0 Å². The number of amides is 1. The molecule has 0 heterocycles. The topological polar surface area (TPSA) is 97.6 Å².